The van der Waals surface area contributed by atoms with Gasteiger partial charge in [0.2, 0.25) is 5.91 Å². The van der Waals surface area contributed by atoms with Crippen molar-refractivity contribution in [3.8, 4) is 0 Å². The molecule has 0 aliphatic carbocycles. The molecule has 8 nitrogen and oxygen atoms in total. The van der Waals surface area contributed by atoms with Crippen molar-refractivity contribution in [3.63, 3.8) is 0 Å². The fourth-order valence-electron chi connectivity index (χ4n) is 4.04. The predicted octanol–water partition coefficient (Wildman–Crippen LogP) is 0.458. The van der Waals surface area contributed by atoms with E-state index in [4.69, 9.17) is 0 Å². The number of unbranched alkanes of at least 4 members (excludes halogenated alkanes) is 1. The molecule has 0 spiro atoms. The molecule has 0 radical (unpaired) electrons. The van der Waals surface area contributed by atoms with E-state index < -0.39 is 0 Å². The van der Waals surface area contributed by atoms with Crippen molar-refractivity contribution in [2.45, 2.75) is 52.7 Å². The second-order valence-electron chi connectivity index (χ2n) is 7.45. The van der Waals surface area contributed by atoms with Gasteiger partial charge in [-0.1, -0.05) is 20.3 Å². The Labute approximate surface area is 150 Å². The van der Waals surface area contributed by atoms with E-state index >= 15 is 0 Å². The minimum atomic E-state index is 0.194. The normalized spacial score (nSPS) is 25.6. The maximum atomic E-state index is 11.5. The van der Waals surface area contributed by atoms with Crippen LogP contribution in [-0.2, 0) is 17.9 Å². The minimum absolute atomic E-state index is 0.194. The molecule has 140 valence electrons. The van der Waals surface area contributed by atoms with Gasteiger partial charge in [-0.25, -0.2) is 4.68 Å². The topological polar surface area (TPSA) is 70.4 Å². The Kier molecular flexibility index (Phi) is 6.01. The molecule has 8 heteroatoms. The average molecular weight is 349 g/mol. The molecular weight excluding hydrogens is 318 g/mol. The number of aryl methyl sites for hydroxylation is 1. The first-order chi connectivity index (χ1) is 12.1. The molecule has 0 aromatic carbocycles. The van der Waals surface area contributed by atoms with Crippen LogP contribution in [0.1, 0.15) is 39.4 Å². The van der Waals surface area contributed by atoms with Gasteiger partial charge < -0.3 is 4.90 Å². The van der Waals surface area contributed by atoms with E-state index in [2.05, 4.69) is 39.2 Å². The third-order valence-electron chi connectivity index (χ3n) is 5.57. The van der Waals surface area contributed by atoms with E-state index in [0.29, 0.717) is 12.0 Å². The van der Waals surface area contributed by atoms with Crippen molar-refractivity contribution in [1.82, 2.24) is 34.9 Å². The first-order valence-corrected chi connectivity index (χ1v) is 9.55. The fourth-order valence-corrected chi connectivity index (χ4v) is 4.04. The highest BCUT2D eigenvalue weighted by molar-refractivity contribution is 5.73. The summed E-state index contributed by atoms with van der Waals surface area (Å²) < 4.78 is 1.95. The molecule has 3 rings (SSSR count). The number of likely N-dealkylation sites (tertiary alicyclic amines) is 1. The van der Waals surface area contributed by atoms with Gasteiger partial charge in [-0.15, -0.1) is 5.10 Å². The molecule has 1 amide bonds. The zero-order chi connectivity index (χ0) is 17.8. The Hall–Kier alpha value is -1.54. The number of rotatable bonds is 6. The molecule has 0 bridgehead atoms. The Morgan fingerprint density at radius 2 is 1.96 bits per heavy atom. The predicted molar refractivity (Wildman–Crippen MR) is 94.8 cm³/mol. The van der Waals surface area contributed by atoms with Gasteiger partial charge in [0, 0.05) is 58.8 Å². The summed E-state index contributed by atoms with van der Waals surface area (Å²) in [6.07, 6.45) is 2.26. The zero-order valence-corrected chi connectivity index (χ0v) is 15.8. The van der Waals surface area contributed by atoms with E-state index in [1.165, 1.54) is 0 Å². The molecule has 2 aliphatic heterocycles. The van der Waals surface area contributed by atoms with Crippen LogP contribution in [-0.4, -0.2) is 86.1 Å². The van der Waals surface area contributed by atoms with E-state index in [9.17, 15) is 4.79 Å². The summed E-state index contributed by atoms with van der Waals surface area (Å²) in [5.74, 6) is 1.80. The van der Waals surface area contributed by atoms with Crippen LogP contribution in [0, 0.1) is 5.92 Å². The quantitative estimate of drug-likeness (QED) is 0.743. The van der Waals surface area contributed by atoms with E-state index in [1.54, 1.807) is 6.92 Å². The van der Waals surface area contributed by atoms with E-state index in [0.717, 1.165) is 71.0 Å². The highest BCUT2D eigenvalue weighted by atomic mass is 16.2. The van der Waals surface area contributed by atoms with Crippen LogP contribution in [0.4, 0.5) is 0 Å². The minimum Gasteiger partial charge on any atom is -0.340 e. The van der Waals surface area contributed by atoms with Gasteiger partial charge in [-0.2, -0.15) is 0 Å². The van der Waals surface area contributed by atoms with Crippen LogP contribution in [0.25, 0.3) is 0 Å². The summed E-state index contributed by atoms with van der Waals surface area (Å²) in [5.41, 5.74) is 0. The lowest BCUT2D eigenvalue weighted by Crippen LogP contribution is -2.53. The number of aromatic nitrogens is 4. The number of amides is 1. The number of tetrazole rings is 1. The Bertz CT molecular complexity index is 567. The summed E-state index contributed by atoms with van der Waals surface area (Å²) in [4.78, 5) is 18.5. The molecule has 2 saturated heterocycles. The lowest BCUT2D eigenvalue weighted by molar-refractivity contribution is -0.130. The first-order valence-electron chi connectivity index (χ1n) is 9.55. The molecule has 1 aromatic rings. The van der Waals surface area contributed by atoms with Crippen LogP contribution in [0.15, 0.2) is 0 Å². The molecule has 2 aliphatic rings. The van der Waals surface area contributed by atoms with Crippen LogP contribution in [0.2, 0.25) is 0 Å². The average Bonchev–Trinajstić information content (AvgIpc) is 3.19. The lowest BCUT2D eigenvalue weighted by Gasteiger charge is -2.39. The largest absolute Gasteiger partial charge is 0.340 e. The number of piperazine rings is 1. The third-order valence-corrected chi connectivity index (χ3v) is 5.57. The number of hydrogen-bond donors (Lipinski definition) is 0. The van der Waals surface area contributed by atoms with Crippen molar-refractivity contribution >= 4 is 5.91 Å². The summed E-state index contributed by atoms with van der Waals surface area (Å²) in [6, 6.07) is 0.564. The number of carbonyl (C=O) groups excluding carboxylic acids is 1. The Morgan fingerprint density at radius 3 is 2.64 bits per heavy atom. The van der Waals surface area contributed by atoms with Crippen molar-refractivity contribution < 1.29 is 4.79 Å². The Balaban J connectivity index is 1.53. The van der Waals surface area contributed by atoms with Gasteiger partial charge in [-0.3, -0.25) is 14.6 Å². The highest BCUT2D eigenvalue weighted by Crippen LogP contribution is 2.24. The number of carbonyl (C=O) groups is 1. The highest BCUT2D eigenvalue weighted by Gasteiger charge is 2.35. The maximum Gasteiger partial charge on any atom is 0.219 e. The second kappa shape index (κ2) is 8.23. The summed E-state index contributed by atoms with van der Waals surface area (Å²) >= 11 is 0. The lowest BCUT2D eigenvalue weighted by atomic mass is 10.0. The molecule has 1 aromatic heterocycles. The molecule has 3 heterocycles. The molecule has 2 atom stereocenters. The van der Waals surface area contributed by atoms with Crippen molar-refractivity contribution in [3.05, 3.63) is 5.82 Å². The smallest absolute Gasteiger partial charge is 0.219 e. The molecule has 0 unspecified atom stereocenters. The SMILES string of the molecule is CCCCn1nnnc1CN1C[C@@H](N2CCN(C(C)=O)CC2)[C@@H](C)C1. The van der Waals surface area contributed by atoms with Gasteiger partial charge in [0.1, 0.15) is 0 Å². The second-order valence-corrected chi connectivity index (χ2v) is 7.45. The van der Waals surface area contributed by atoms with Crippen LogP contribution in [0.3, 0.4) is 0 Å². The summed E-state index contributed by atoms with van der Waals surface area (Å²) in [6.45, 7) is 13.7. The van der Waals surface area contributed by atoms with Gasteiger partial charge in [0.15, 0.2) is 5.82 Å². The van der Waals surface area contributed by atoms with E-state index in [-0.39, 0.29) is 5.91 Å². The van der Waals surface area contributed by atoms with Crippen molar-refractivity contribution in [2.75, 3.05) is 39.3 Å². The van der Waals surface area contributed by atoms with Crippen molar-refractivity contribution in [1.29, 1.82) is 0 Å². The number of nitrogens with zero attached hydrogens (tertiary/aromatic N) is 7. The van der Waals surface area contributed by atoms with E-state index in [1.807, 2.05) is 9.58 Å². The molecule has 25 heavy (non-hydrogen) atoms. The van der Waals surface area contributed by atoms with Crippen LogP contribution < -0.4 is 0 Å². The van der Waals surface area contributed by atoms with Gasteiger partial charge in [-0.05, 0) is 22.8 Å². The first kappa shape index (κ1) is 18.3. The molecule has 0 saturated carbocycles. The van der Waals surface area contributed by atoms with Crippen LogP contribution >= 0.6 is 0 Å². The summed E-state index contributed by atoms with van der Waals surface area (Å²) in [7, 11) is 0. The van der Waals surface area contributed by atoms with Crippen molar-refractivity contribution in [2.24, 2.45) is 5.92 Å². The fraction of sp³-hybridized carbons (Fsp3) is 0.882. The zero-order valence-electron chi connectivity index (χ0n) is 15.8. The van der Waals surface area contributed by atoms with Crippen LogP contribution in [0.5, 0.6) is 0 Å². The monoisotopic (exact) mass is 349 g/mol. The standard InChI is InChI=1S/C17H31N7O/c1-4-5-6-24-17(18-19-20-24)13-21-11-14(2)16(12-21)23-9-7-22(8-10-23)15(3)25/h14,16H,4-13H2,1-3H3/t14-,16+/m0/s1. The van der Waals surface area contributed by atoms with Gasteiger partial charge in [0.05, 0.1) is 6.54 Å². The molecule has 0 N–H and O–H groups in total. The van der Waals surface area contributed by atoms with Gasteiger partial charge in [0.25, 0.3) is 0 Å². The van der Waals surface area contributed by atoms with Gasteiger partial charge >= 0.3 is 0 Å². The molecular formula is C17H31N7O. The maximum absolute atomic E-state index is 11.5. The summed E-state index contributed by atoms with van der Waals surface area (Å²) in [5, 5.41) is 12.2. The third kappa shape index (κ3) is 4.36. The number of hydrogen-bond acceptors (Lipinski definition) is 6. The Morgan fingerprint density at radius 1 is 1.20 bits per heavy atom. The molecule has 2 fully saturated rings.